The molecule has 0 saturated heterocycles. The Bertz CT molecular complexity index is 487. The topological polar surface area (TPSA) is 47.9 Å². The highest BCUT2D eigenvalue weighted by atomic mass is 31.2. The molecule has 0 aliphatic carbocycles. The van der Waals surface area contributed by atoms with E-state index in [1.807, 2.05) is 0 Å². The van der Waals surface area contributed by atoms with Gasteiger partial charge in [0.15, 0.2) is 11.5 Å². The van der Waals surface area contributed by atoms with E-state index < -0.39 is 8.60 Å². The highest BCUT2D eigenvalue weighted by molar-refractivity contribution is 7.43. The summed E-state index contributed by atoms with van der Waals surface area (Å²) in [5.41, 5.74) is 1.06. The van der Waals surface area contributed by atoms with E-state index in [2.05, 4.69) is 6.92 Å². The lowest BCUT2D eigenvalue weighted by Crippen LogP contribution is -2.02. The van der Waals surface area contributed by atoms with Gasteiger partial charge in [-0.25, -0.2) is 0 Å². The normalized spacial score (nSPS) is 17.8. The Morgan fingerprint density at radius 3 is 2.45 bits per heavy atom. The summed E-state index contributed by atoms with van der Waals surface area (Å²) in [6, 6.07) is 1.65. The van der Waals surface area contributed by atoms with Crippen LogP contribution >= 0.6 is 8.60 Å². The van der Waals surface area contributed by atoms with Crippen LogP contribution in [-0.2, 0) is 6.42 Å². The number of fused-ring (bicyclic) bond motifs is 2. The summed E-state index contributed by atoms with van der Waals surface area (Å²) in [7, 11) is -1.34. The molecule has 110 valence electrons. The Balaban J connectivity index is 1.51. The summed E-state index contributed by atoms with van der Waals surface area (Å²) in [5.74, 6) is 2.04. The molecule has 5 heteroatoms. The first-order valence-corrected chi connectivity index (χ1v) is 8.62. The number of phenolic OH excluding ortho intramolecular Hbond substituents is 1. The van der Waals surface area contributed by atoms with Crippen molar-refractivity contribution in [1.82, 2.24) is 0 Å². The lowest BCUT2D eigenvalue weighted by molar-refractivity contribution is 0.417. The highest BCUT2D eigenvalue weighted by Crippen LogP contribution is 2.64. The summed E-state index contributed by atoms with van der Waals surface area (Å²) >= 11 is 0. The first-order valence-electron chi connectivity index (χ1n) is 7.52. The number of rotatable bonds is 8. The Labute approximate surface area is 121 Å². The molecule has 4 nitrogen and oxygen atoms in total. The Hall–Kier alpha value is -1.15. The van der Waals surface area contributed by atoms with Gasteiger partial charge in [-0.05, 0) is 12.8 Å². The number of aromatic hydroxyl groups is 1. The molecule has 20 heavy (non-hydrogen) atoms. The third kappa shape index (κ3) is 2.67. The minimum Gasteiger partial charge on any atom is -0.504 e. The van der Waals surface area contributed by atoms with Gasteiger partial charge in [-0.15, -0.1) is 0 Å². The van der Waals surface area contributed by atoms with Crippen molar-refractivity contribution >= 4 is 8.60 Å². The zero-order chi connectivity index (χ0) is 13.9. The number of benzene rings is 1. The average molecular weight is 296 g/mol. The molecular formula is C15H21O4P. The van der Waals surface area contributed by atoms with Gasteiger partial charge in [0.25, 0.3) is 0 Å². The van der Waals surface area contributed by atoms with Gasteiger partial charge in [0.1, 0.15) is 5.75 Å². The summed E-state index contributed by atoms with van der Waals surface area (Å²) < 4.78 is 16.6. The van der Waals surface area contributed by atoms with Crippen molar-refractivity contribution in [3.8, 4) is 23.0 Å². The number of hydrogen-bond acceptors (Lipinski definition) is 4. The molecule has 3 bridgehead atoms. The van der Waals surface area contributed by atoms with E-state index in [1.54, 1.807) is 6.07 Å². The monoisotopic (exact) mass is 296 g/mol. The lowest BCUT2D eigenvalue weighted by Gasteiger charge is -2.17. The van der Waals surface area contributed by atoms with E-state index in [4.69, 9.17) is 13.6 Å². The molecule has 0 aromatic heterocycles. The number of phenols is 1. The van der Waals surface area contributed by atoms with Gasteiger partial charge in [0.2, 0.25) is 5.75 Å². The molecule has 2 aliphatic heterocycles. The van der Waals surface area contributed by atoms with Crippen molar-refractivity contribution in [3.05, 3.63) is 11.6 Å². The second-order valence-corrected chi connectivity index (χ2v) is 6.39. The van der Waals surface area contributed by atoms with E-state index in [0.29, 0.717) is 11.5 Å². The average Bonchev–Trinajstić information content (AvgIpc) is 2.71. The van der Waals surface area contributed by atoms with E-state index in [0.717, 1.165) is 24.2 Å². The SMILES string of the molecule is CCCCCCCCCc1c2cc(O)c3c1OP(O2)O3. The first kappa shape index (κ1) is 13.8. The summed E-state index contributed by atoms with van der Waals surface area (Å²) in [6.07, 6.45) is 9.89. The number of hydrogen-bond donors (Lipinski definition) is 1. The van der Waals surface area contributed by atoms with Gasteiger partial charge in [-0.3, -0.25) is 0 Å². The standard InChI is InChI=1S/C15H21O4P/c1-2-3-4-5-6-7-8-9-11-13-10-12(16)15-14(11)18-20(17-13)19-15/h10,16H,2-9H2,1H3. The Morgan fingerprint density at radius 2 is 1.65 bits per heavy atom. The Kier molecular flexibility index (Phi) is 4.21. The predicted octanol–water partition coefficient (Wildman–Crippen LogP) is 5.08. The molecule has 1 unspecified atom stereocenters. The van der Waals surface area contributed by atoms with E-state index in [-0.39, 0.29) is 5.75 Å². The van der Waals surface area contributed by atoms with E-state index in [1.165, 1.54) is 38.5 Å². The van der Waals surface area contributed by atoms with Crippen LogP contribution in [0.5, 0.6) is 23.0 Å². The van der Waals surface area contributed by atoms with Crippen LogP contribution in [0.25, 0.3) is 0 Å². The van der Waals surface area contributed by atoms with Gasteiger partial charge < -0.3 is 18.7 Å². The van der Waals surface area contributed by atoms with Crippen molar-refractivity contribution in [2.45, 2.75) is 58.3 Å². The molecule has 2 heterocycles. The van der Waals surface area contributed by atoms with Crippen LogP contribution in [0.15, 0.2) is 6.07 Å². The number of unbranched alkanes of at least 4 members (excludes halogenated alkanes) is 6. The molecule has 1 aromatic rings. The Morgan fingerprint density at radius 1 is 0.950 bits per heavy atom. The zero-order valence-corrected chi connectivity index (χ0v) is 12.7. The second-order valence-electron chi connectivity index (χ2n) is 5.40. The summed E-state index contributed by atoms with van der Waals surface area (Å²) in [4.78, 5) is 0. The molecule has 2 aliphatic rings. The van der Waals surface area contributed by atoms with Gasteiger partial charge in [0.05, 0.1) is 0 Å². The van der Waals surface area contributed by atoms with Crippen molar-refractivity contribution in [2.75, 3.05) is 0 Å². The molecule has 3 rings (SSSR count). The molecule has 1 N–H and O–H groups in total. The molecule has 0 saturated carbocycles. The quantitative estimate of drug-likeness (QED) is 0.537. The largest absolute Gasteiger partial charge is 0.530 e. The summed E-state index contributed by atoms with van der Waals surface area (Å²) in [5, 5.41) is 9.78. The van der Waals surface area contributed by atoms with Gasteiger partial charge >= 0.3 is 8.60 Å². The van der Waals surface area contributed by atoms with Crippen molar-refractivity contribution in [3.63, 3.8) is 0 Å². The fourth-order valence-electron chi connectivity index (χ4n) is 2.69. The third-order valence-electron chi connectivity index (χ3n) is 3.81. The van der Waals surface area contributed by atoms with E-state index in [9.17, 15) is 5.11 Å². The highest BCUT2D eigenvalue weighted by Gasteiger charge is 2.41. The van der Waals surface area contributed by atoms with Crippen LogP contribution in [-0.4, -0.2) is 5.11 Å². The fourth-order valence-corrected chi connectivity index (χ4v) is 3.79. The zero-order valence-electron chi connectivity index (χ0n) is 11.9. The molecular weight excluding hydrogens is 275 g/mol. The minimum absolute atomic E-state index is 0.126. The van der Waals surface area contributed by atoms with Crippen molar-refractivity contribution < 1.29 is 18.7 Å². The molecule has 1 aromatic carbocycles. The van der Waals surface area contributed by atoms with Crippen LogP contribution in [0, 0.1) is 0 Å². The van der Waals surface area contributed by atoms with Crippen LogP contribution < -0.4 is 13.6 Å². The maximum absolute atomic E-state index is 9.78. The predicted molar refractivity (Wildman–Crippen MR) is 78.6 cm³/mol. The minimum atomic E-state index is -1.34. The summed E-state index contributed by atoms with van der Waals surface area (Å²) in [6.45, 7) is 2.24. The molecule has 0 radical (unpaired) electrons. The van der Waals surface area contributed by atoms with Crippen molar-refractivity contribution in [1.29, 1.82) is 0 Å². The van der Waals surface area contributed by atoms with Crippen molar-refractivity contribution in [2.24, 2.45) is 0 Å². The second kappa shape index (κ2) is 6.09. The van der Waals surface area contributed by atoms with Gasteiger partial charge in [-0.1, -0.05) is 45.4 Å². The third-order valence-corrected chi connectivity index (χ3v) is 4.82. The maximum Gasteiger partial charge on any atom is 0.530 e. The van der Waals surface area contributed by atoms with Gasteiger partial charge in [-0.2, -0.15) is 0 Å². The van der Waals surface area contributed by atoms with Crippen LogP contribution in [0.3, 0.4) is 0 Å². The van der Waals surface area contributed by atoms with Crippen LogP contribution in [0.1, 0.15) is 57.4 Å². The van der Waals surface area contributed by atoms with E-state index >= 15 is 0 Å². The molecule has 0 fully saturated rings. The molecule has 1 atom stereocenters. The smallest absolute Gasteiger partial charge is 0.504 e. The molecule has 0 spiro atoms. The van der Waals surface area contributed by atoms with Crippen LogP contribution in [0.2, 0.25) is 0 Å². The van der Waals surface area contributed by atoms with Crippen LogP contribution in [0.4, 0.5) is 0 Å². The molecule has 0 amide bonds. The fraction of sp³-hybridized carbons (Fsp3) is 0.600. The maximum atomic E-state index is 9.78. The first-order chi connectivity index (χ1) is 9.79. The van der Waals surface area contributed by atoms with Gasteiger partial charge in [0, 0.05) is 11.6 Å². The lowest BCUT2D eigenvalue weighted by atomic mass is 10.0.